The van der Waals surface area contributed by atoms with E-state index < -0.39 is 55.0 Å². The first-order valence-electron chi connectivity index (χ1n) is 6.69. The summed E-state index contributed by atoms with van der Waals surface area (Å²) in [5.74, 6) is -12.6. The normalized spacial score (nSPS) is 13.6. The summed E-state index contributed by atoms with van der Waals surface area (Å²) in [4.78, 5) is 22.6. The average molecular weight is 370 g/mol. The molecule has 0 amide bonds. The number of hydrogen-bond donors (Lipinski definition) is 0. The van der Waals surface area contributed by atoms with Crippen molar-refractivity contribution < 1.29 is 49.8 Å². The van der Waals surface area contributed by atoms with Crippen molar-refractivity contribution in [2.75, 3.05) is 13.2 Å². The standard InChI is InChI=1S/C13H17F7O4/c1-4-10(2,3)9(22)23-5-8(21)24-7-11(14,15)6-12(16,17)13(18,19)20/h4-7H2,1-3H3. The summed E-state index contributed by atoms with van der Waals surface area (Å²) in [7, 11) is 0. The number of carbonyl (C=O) groups is 2. The molecule has 11 heteroatoms. The Bertz CT molecular complexity index is 458. The first kappa shape index (κ1) is 22.4. The van der Waals surface area contributed by atoms with Gasteiger partial charge in [-0.05, 0) is 20.3 Å². The Kier molecular flexibility index (Phi) is 7.07. The van der Waals surface area contributed by atoms with E-state index in [1.165, 1.54) is 13.8 Å². The maximum Gasteiger partial charge on any atom is 0.453 e. The van der Waals surface area contributed by atoms with Crippen molar-refractivity contribution in [3.8, 4) is 0 Å². The molecule has 0 aromatic carbocycles. The van der Waals surface area contributed by atoms with Crippen LogP contribution in [0.15, 0.2) is 0 Å². The van der Waals surface area contributed by atoms with Gasteiger partial charge in [0, 0.05) is 0 Å². The van der Waals surface area contributed by atoms with E-state index in [2.05, 4.69) is 9.47 Å². The second-order valence-corrected chi connectivity index (χ2v) is 5.71. The van der Waals surface area contributed by atoms with Crippen molar-refractivity contribution >= 4 is 11.9 Å². The lowest BCUT2D eigenvalue weighted by atomic mass is 9.91. The van der Waals surface area contributed by atoms with E-state index in [0.717, 1.165) is 0 Å². The van der Waals surface area contributed by atoms with Gasteiger partial charge in [-0.2, -0.15) is 22.0 Å². The van der Waals surface area contributed by atoms with Gasteiger partial charge in [0.05, 0.1) is 11.8 Å². The van der Waals surface area contributed by atoms with Crippen LogP contribution in [0.25, 0.3) is 0 Å². The molecule has 0 aromatic heterocycles. The van der Waals surface area contributed by atoms with E-state index in [4.69, 9.17) is 0 Å². The molecule has 0 atom stereocenters. The second kappa shape index (κ2) is 7.56. The monoisotopic (exact) mass is 370 g/mol. The van der Waals surface area contributed by atoms with Gasteiger partial charge in [0.1, 0.15) is 0 Å². The summed E-state index contributed by atoms with van der Waals surface area (Å²) >= 11 is 0. The number of halogens is 7. The highest BCUT2D eigenvalue weighted by Gasteiger charge is 2.61. The van der Waals surface area contributed by atoms with Crippen molar-refractivity contribution in [1.82, 2.24) is 0 Å². The minimum absolute atomic E-state index is 0.353. The Labute approximate surface area is 133 Å². The zero-order valence-electron chi connectivity index (χ0n) is 13.1. The Balaban J connectivity index is 4.47. The van der Waals surface area contributed by atoms with Crippen LogP contribution in [0.5, 0.6) is 0 Å². The molecule has 0 saturated heterocycles. The fourth-order valence-corrected chi connectivity index (χ4v) is 1.17. The summed E-state index contributed by atoms with van der Waals surface area (Å²) in [6, 6.07) is 0. The van der Waals surface area contributed by atoms with Gasteiger partial charge in [-0.3, -0.25) is 4.79 Å². The van der Waals surface area contributed by atoms with Crippen molar-refractivity contribution in [1.29, 1.82) is 0 Å². The summed E-state index contributed by atoms with van der Waals surface area (Å²) in [5, 5.41) is 0. The van der Waals surface area contributed by atoms with Crippen LogP contribution in [-0.4, -0.2) is 43.2 Å². The van der Waals surface area contributed by atoms with Gasteiger partial charge >= 0.3 is 24.0 Å². The quantitative estimate of drug-likeness (QED) is 0.483. The zero-order valence-corrected chi connectivity index (χ0v) is 13.1. The number of carbonyl (C=O) groups excluding carboxylic acids is 2. The highest BCUT2D eigenvalue weighted by atomic mass is 19.4. The molecular weight excluding hydrogens is 353 g/mol. The van der Waals surface area contributed by atoms with E-state index in [1.54, 1.807) is 6.92 Å². The molecule has 24 heavy (non-hydrogen) atoms. The van der Waals surface area contributed by atoms with Crippen molar-refractivity contribution in [3.63, 3.8) is 0 Å². The number of esters is 2. The van der Waals surface area contributed by atoms with Crippen LogP contribution in [-0.2, 0) is 19.1 Å². The van der Waals surface area contributed by atoms with Crippen LogP contribution < -0.4 is 0 Å². The summed E-state index contributed by atoms with van der Waals surface area (Å²) < 4.78 is 95.3. The number of hydrogen-bond acceptors (Lipinski definition) is 4. The molecule has 0 radical (unpaired) electrons. The summed E-state index contributed by atoms with van der Waals surface area (Å²) in [6.07, 6.45) is -8.66. The maximum atomic E-state index is 13.1. The first-order valence-corrected chi connectivity index (χ1v) is 6.69. The fourth-order valence-electron chi connectivity index (χ4n) is 1.17. The molecule has 0 saturated carbocycles. The topological polar surface area (TPSA) is 52.6 Å². The highest BCUT2D eigenvalue weighted by Crippen LogP contribution is 2.42. The maximum absolute atomic E-state index is 13.1. The van der Waals surface area contributed by atoms with Gasteiger partial charge in [-0.1, -0.05) is 6.92 Å². The molecule has 0 aliphatic rings. The van der Waals surface area contributed by atoms with Crippen LogP contribution in [0.2, 0.25) is 0 Å². The molecule has 0 aliphatic heterocycles. The highest BCUT2D eigenvalue weighted by molar-refractivity contribution is 5.79. The van der Waals surface area contributed by atoms with Crippen LogP contribution in [0.4, 0.5) is 30.7 Å². The lowest BCUT2D eigenvalue weighted by Crippen LogP contribution is -2.43. The lowest BCUT2D eigenvalue weighted by Gasteiger charge is -2.24. The molecule has 4 nitrogen and oxygen atoms in total. The Morgan fingerprint density at radius 2 is 1.42 bits per heavy atom. The van der Waals surface area contributed by atoms with E-state index in [-0.39, 0.29) is 0 Å². The van der Waals surface area contributed by atoms with E-state index >= 15 is 0 Å². The Morgan fingerprint density at radius 3 is 1.83 bits per heavy atom. The van der Waals surface area contributed by atoms with Crippen LogP contribution in [0, 0.1) is 5.41 Å². The Morgan fingerprint density at radius 1 is 0.917 bits per heavy atom. The molecule has 0 aliphatic carbocycles. The minimum Gasteiger partial charge on any atom is -0.457 e. The molecule has 142 valence electrons. The molecule has 0 heterocycles. The third-order valence-electron chi connectivity index (χ3n) is 3.10. The average Bonchev–Trinajstić information content (AvgIpc) is 2.40. The van der Waals surface area contributed by atoms with Crippen LogP contribution in [0.1, 0.15) is 33.6 Å². The summed E-state index contributed by atoms with van der Waals surface area (Å²) in [6.45, 7) is 1.59. The van der Waals surface area contributed by atoms with E-state index in [9.17, 15) is 40.3 Å². The van der Waals surface area contributed by atoms with Gasteiger partial charge in [0.25, 0.3) is 5.92 Å². The van der Waals surface area contributed by atoms with Gasteiger partial charge in [-0.25, -0.2) is 13.6 Å². The molecule has 0 aromatic rings. The third-order valence-corrected chi connectivity index (χ3v) is 3.10. The fraction of sp³-hybridized carbons (Fsp3) is 0.846. The molecular formula is C13H17F7O4. The summed E-state index contributed by atoms with van der Waals surface area (Å²) in [5.41, 5.74) is -0.945. The number of alkyl halides is 7. The van der Waals surface area contributed by atoms with Crippen LogP contribution in [0.3, 0.4) is 0 Å². The molecule has 0 fully saturated rings. The molecule has 0 bridgehead atoms. The third kappa shape index (κ3) is 6.91. The SMILES string of the molecule is CCC(C)(C)C(=O)OCC(=O)OCC(F)(F)CC(F)(F)C(F)(F)F. The van der Waals surface area contributed by atoms with Gasteiger partial charge < -0.3 is 9.47 Å². The van der Waals surface area contributed by atoms with Crippen molar-refractivity contribution in [2.24, 2.45) is 5.41 Å². The second-order valence-electron chi connectivity index (χ2n) is 5.71. The molecule has 0 spiro atoms. The number of ether oxygens (including phenoxy) is 2. The predicted molar refractivity (Wildman–Crippen MR) is 66.6 cm³/mol. The molecule has 0 N–H and O–H groups in total. The zero-order chi connectivity index (χ0) is 19.4. The largest absolute Gasteiger partial charge is 0.457 e. The van der Waals surface area contributed by atoms with Gasteiger partial charge in [-0.15, -0.1) is 0 Å². The molecule has 0 rings (SSSR count). The smallest absolute Gasteiger partial charge is 0.453 e. The van der Waals surface area contributed by atoms with E-state index in [1.807, 2.05) is 0 Å². The first-order chi connectivity index (χ1) is 10.5. The van der Waals surface area contributed by atoms with Gasteiger partial charge in [0.15, 0.2) is 13.2 Å². The van der Waals surface area contributed by atoms with Gasteiger partial charge in [0.2, 0.25) is 0 Å². The van der Waals surface area contributed by atoms with Crippen molar-refractivity contribution in [2.45, 2.75) is 51.6 Å². The van der Waals surface area contributed by atoms with Crippen molar-refractivity contribution in [3.05, 3.63) is 0 Å². The minimum atomic E-state index is -6.15. The van der Waals surface area contributed by atoms with E-state index in [0.29, 0.717) is 6.42 Å². The lowest BCUT2D eigenvalue weighted by molar-refractivity contribution is -0.302. The van der Waals surface area contributed by atoms with Crippen LogP contribution >= 0.6 is 0 Å². The molecule has 0 unspecified atom stereocenters. The Hall–Kier alpha value is -1.55. The number of rotatable bonds is 8. The predicted octanol–water partition coefficient (Wildman–Crippen LogP) is 3.73.